The third-order valence-electron chi connectivity index (χ3n) is 1.35. The first-order valence-corrected chi connectivity index (χ1v) is 5.52. The summed E-state index contributed by atoms with van der Waals surface area (Å²) in [7, 11) is -1.50. The summed E-state index contributed by atoms with van der Waals surface area (Å²) in [4.78, 5) is 0. The molecule has 0 rings (SSSR count). The summed E-state index contributed by atoms with van der Waals surface area (Å²) < 4.78 is 23.5. The van der Waals surface area contributed by atoms with Gasteiger partial charge in [0.05, 0.1) is 5.75 Å². The van der Waals surface area contributed by atoms with Gasteiger partial charge in [0, 0.05) is 19.0 Å². The van der Waals surface area contributed by atoms with E-state index in [1.165, 1.54) is 11.4 Å². The highest BCUT2D eigenvalue weighted by Crippen LogP contribution is 2.02. The smallest absolute Gasteiger partial charge is 0.212 e. The number of rotatable bonds is 4. The molecule has 0 aliphatic heterocycles. The molecule has 0 N–H and O–H groups in total. The number of hydrogen-bond acceptors (Lipinski definition) is 2. The van der Waals surface area contributed by atoms with Crippen molar-refractivity contribution in [2.45, 2.75) is 19.2 Å². The molecule has 68 valence electrons. The Morgan fingerprint density at radius 2 is 2.00 bits per heavy atom. The average Bonchev–Trinajstić information content (AvgIpc) is 1.86. The molecule has 0 amide bonds. The Kier molecular flexibility index (Phi) is 4.36. The zero-order valence-electron chi connectivity index (χ0n) is 7.04. The van der Waals surface area contributed by atoms with Crippen LogP contribution in [-0.2, 0) is 10.0 Å². The molecule has 0 aromatic carbocycles. The van der Waals surface area contributed by atoms with Gasteiger partial charge in [-0.3, -0.25) is 0 Å². The molecule has 0 aromatic rings. The minimum atomic E-state index is -3.04. The van der Waals surface area contributed by atoms with Crippen molar-refractivity contribution in [2.75, 3.05) is 19.3 Å². The van der Waals surface area contributed by atoms with Gasteiger partial charge in [0.1, 0.15) is 0 Å². The third kappa shape index (κ3) is 3.94. The molecule has 0 saturated heterocycles. The molecular weight excluding hydrogens is 186 g/mol. The van der Waals surface area contributed by atoms with E-state index in [1.54, 1.807) is 13.8 Å². The van der Waals surface area contributed by atoms with Gasteiger partial charge < -0.3 is 0 Å². The van der Waals surface area contributed by atoms with Crippen molar-refractivity contribution >= 4 is 21.6 Å². The summed E-state index contributed by atoms with van der Waals surface area (Å²) in [6.45, 7) is 3.76. The van der Waals surface area contributed by atoms with Gasteiger partial charge in [0.15, 0.2) is 0 Å². The van der Waals surface area contributed by atoms with Crippen LogP contribution in [0.1, 0.15) is 13.8 Å². The Bertz CT molecular complexity index is 201. The molecule has 0 saturated carbocycles. The van der Waals surface area contributed by atoms with Gasteiger partial charge in [-0.1, -0.05) is 0 Å². The van der Waals surface area contributed by atoms with E-state index in [1.807, 2.05) is 0 Å². The van der Waals surface area contributed by atoms with Gasteiger partial charge in [0.25, 0.3) is 0 Å². The van der Waals surface area contributed by atoms with Crippen LogP contribution < -0.4 is 0 Å². The zero-order chi connectivity index (χ0) is 9.07. The van der Waals surface area contributed by atoms with E-state index in [2.05, 4.69) is 0 Å². The Balaban J connectivity index is 4.14. The lowest BCUT2D eigenvalue weighted by atomic mass is 10.5. The van der Waals surface area contributed by atoms with Crippen LogP contribution in [0.4, 0.5) is 0 Å². The van der Waals surface area contributed by atoms with Crippen LogP contribution in [-0.4, -0.2) is 37.4 Å². The van der Waals surface area contributed by atoms with Crippen LogP contribution in [0.25, 0.3) is 0 Å². The van der Waals surface area contributed by atoms with Crippen molar-refractivity contribution < 1.29 is 8.42 Å². The molecule has 0 aromatic heterocycles. The summed E-state index contributed by atoms with van der Waals surface area (Å²) in [5.74, 6) is 0.132. The van der Waals surface area contributed by atoms with Crippen LogP contribution in [0.5, 0.6) is 0 Å². The summed E-state index contributed by atoms with van der Waals surface area (Å²) in [6.07, 6.45) is 0. The van der Waals surface area contributed by atoms with Crippen LogP contribution in [0.2, 0.25) is 0 Å². The Morgan fingerprint density at radius 1 is 1.55 bits per heavy atom. The minimum absolute atomic E-state index is 0.132. The maximum absolute atomic E-state index is 11.1. The standard InChI is InChI=1S/C6H14ClNO2S/c1-4-11(9,10)8(3)5-6(2)7/h6H,4-5H2,1-3H3. The molecule has 0 heterocycles. The molecule has 3 nitrogen and oxygen atoms in total. The first kappa shape index (κ1) is 11.2. The Morgan fingerprint density at radius 3 is 2.27 bits per heavy atom. The lowest BCUT2D eigenvalue weighted by Gasteiger charge is -2.16. The number of hydrogen-bond donors (Lipinski definition) is 0. The quantitative estimate of drug-likeness (QED) is 0.631. The summed E-state index contributed by atoms with van der Waals surface area (Å²) in [6, 6.07) is 0. The van der Waals surface area contributed by atoms with Crippen LogP contribution in [0.15, 0.2) is 0 Å². The van der Waals surface area contributed by atoms with Gasteiger partial charge in [0.2, 0.25) is 10.0 Å². The highest BCUT2D eigenvalue weighted by Gasteiger charge is 2.15. The van der Waals surface area contributed by atoms with Crippen molar-refractivity contribution in [3.05, 3.63) is 0 Å². The largest absolute Gasteiger partial charge is 0.213 e. The average molecular weight is 200 g/mol. The minimum Gasteiger partial charge on any atom is -0.212 e. The van der Waals surface area contributed by atoms with Crippen molar-refractivity contribution in [3.8, 4) is 0 Å². The third-order valence-corrected chi connectivity index (χ3v) is 3.31. The fourth-order valence-corrected chi connectivity index (χ4v) is 1.87. The summed E-state index contributed by atoms with van der Waals surface area (Å²) in [5.41, 5.74) is 0. The van der Waals surface area contributed by atoms with Crippen LogP contribution in [0, 0.1) is 0 Å². The van der Waals surface area contributed by atoms with E-state index in [9.17, 15) is 8.42 Å². The van der Waals surface area contributed by atoms with Crippen molar-refractivity contribution in [1.29, 1.82) is 0 Å². The van der Waals surface area contributed by atoms with Crippen molar-refractivity contribution in [3.63, 3.8) is 0 Å². The molecular formula is C6H14ClNO2S. The summed E-state index contributed by atoms with van der Waals surface area (Å²) in [5, 5.41) is -0.138. The first-order valence-electron chi connectivity index (χ1n) is 3.48. The molecule has 1 unspecified atom stereocenters. The highest BCUT2D eigenvalue weighted by molar-refractivity contribution is 7.89. The van der Waals surface area contributed by atoms with E-state index in [4.69, 9.17) is 11.6 Å². The highest BCUT2D eigenvalue weighted by atomic mass is 35.5. The monoisotopic (exact) mass is 199 g/mol. The van der Waals surface area contributed by atoms with Gasteiger partial charge in [-0.15, -0.1) is 11.6 Å². The number of sulfonamides is 1. The lowest BCUT2D eigenvalue weighted by Crippen LogP contribution is -2.32. The molecule has 0 fully saturated rings. The maximum atomic E-state index is 11.1. The van der Waals surface area contributed by atoms with E-state index in [-0.39, 0.29) is 11.1 Å². The van der Waals surface area contributed by atoms with E-state index in [0.29, 0.717) is 6.54 Å². The molecule has 0 bridgehead atoms. The zero-order valence-corrected chi connectivity index (χ0v) is 8.61. The second-order valence-electron chi connectivity index (χ2n) is 2.46. The van der Waals surface area contributed by atoms with E-state index >= 15 is 0 Å². The number of nitrogens with zero attached hydrogens (tertiary/aromatic N) is 1. The second-order valence-corrected chi connectivity index (χ2v) is 5.57. The fraction of sp³-hybridized carbons (Fsp3) is 1.00. The number of alkyl halides is 1. The SMILES string of the molecule is CCS(=O)(=O)N(C)CC(C)Cl. The maximum Gasteiger partial charge on any atom is 0.213 e. The van der Waals surface area contributed by atoms with Gasteiger partial charge >= 0.3 is 0 Å². The van der Waals surface area contributed by atoms with Crippen molar-refractivity contribution in [2.24, 2.45) is 0 Å². The van der Waals surface area contributed by atoms with Gasteiger partial charge in [-0.2, -0.15) is 0 Å². The second kappa shape index (κ2) is 4.28. The predicted molar refractivity (Wildman–Crippen MR) is 47.4 cm³/mol. The molecule has 0 aliphatic rings. The summed E-state index contributed by atoms with van der Waals surface area (Å²) >= 11 is 5.63. The fourth-order valence-electron chi connectivity index (χ4n) is 0.688. The van der Waals surface area contributed by atoms with Gasteiger partial charge in [-0.25, -0.2) is 12.7 Å². The topological polar surface area (TPSA) is 37.4 Å². The lowest BCUT2D eigenvalue weighted by molar-refractivity contribution is 0.471. The van der Waals surface area contributed by atoms with Gasteiger partial charge in [-0.05, 0) is 13.8 Å². The predicted octanol–water partition coefficient (Wildman–Crippen LogP) is 0.895. The molecule has 0 spiro atoms. The van der Waals surface area contributed by atoms with Crippen LogP contribution >= 0.6 is 11.6 Å². The molecule has 0 aliphatic carbocycles. The Hall–Kier alpha value is 0.200. The van der Waals surface area contributed by atoms with Crippen molar-refractivity contribution in [1.82, 2.24) is 4.31 Å². The normalized spacial score (nSPS) is 15.4. The molecule has 5 heteroatoms. The number of halogens is 1. The molecule has 0 radical (unpaired) electrons. The first-order chi connectivity index (χ1) is 4.90. The van der Waals surface area contributed by atoms with Crippen LogP contribution in [0.3, 0.4) is 0 Å². The Labute approximate surface area is 73.4 Å². The van der Waals surface area contributed by atoms with E-state index < -0.39 is 10.0 Å². The molecule has 1 atom stereocenters. The molecule has 11 heavy (non-hydrogen) atoms. The van der Waals surface area contributed by atoms with E-state index in [0.717, 1.165) is 0 Å².